The van der Waals surface area contributed by atoms with Crippen LogP contribution in [0.15, 0.2) is 36.5 Å². The van der Waals surface area contributed by atoms with E-state index in [4.69, 9.17) is 14.2 Å². The highest BCUT2D eigenvalue weighted by atomic mass is 16.6. The molecule has 0 aliphatic rings. The van der Waals surface area contributed by atoms with Crippen molar-refractivity contribution >= 4 is 17.9 Å². The zero-order valence-corrected chi connectivity index (χ0v) is 54.1. The van der Waals surface area contributed by atoms with Gasteiger partial charge in [-0.25, -0.2) is 0 Å². The van der Waals surface area contributed by atoms with Gasteiger partial charge < -0.3 is 14.2 Å². The summed E-state index contributed by atoms with van der Waals surface area (Å²) < 4.78 is 17.0. The van der Waals surface area contributed by atoms with E-state index < -0.39 is 6.10 Å². The van der Waals surface area contributed by atoms with Crippen LogP contribution in [0.3, 0.4) is 0 Å². The van der Waals surface area contributed by atoms with Crippen LogP contribution in [0.25, 0.3) is 0 Å². The first-order valence-corrected chi connectivity index (χ1v) is 36.0. The van der Waals surface area contributed by atoms with Crippen molar-refractivity contribution in [2.75, 3.05) is 13.2 Å². The van der Waals surface area contributed by atoms with Gasteiger partial charge in [-0.15, -0.1) is 0 Å². The Kier molecular flexibility index (Phi) is 67.1. The molecule has 0 aliphatic carbocycles. The van der Waals surface area contributed by atoms with Crippen LogP contribution in [0.2, 0.25) is 0 Å². The average molecular weight is 1120 g/mol. The van der Waals surface area contributed by atoms with Crippen LogP contribution in [0.1, 0.15) is 400 Å². The lowest BCUT2D eigenvalue weighted by Crippen LogP contribution is -2.30. The molecule has 0 aromatic carbocycles. The molecule has 0 rings (SSSR count). The summed E-state index contributed by atoms with van der Waals surface area (Å²) in [5.74, 6) is -0.856. The van der Waals surface area contributed by atoms with Gasteiger partial charge in [-0.3, -0.25) is 14.4 Å². The van der Waals surface area contributed by atoms with Gasteiger partial charge in [0.15, 0.2) is 6.10 Å². The van der Waals surface area contributed by atoms with Crippen LogP contribution in [-0.4, -0.2) is 37.2 Å². The number of carbonyl (C=O) groups excluding carboxylic acids is 3. The minimum absolute atomic E-state index is 0.0709. The van der Waals surface area contributed by atoms with Crippen LogP contribution < -0.4 is 0 Å². The van der Waals surface area contributed by atoms with Crippen LogP contribution in [0.5, 0.6) is 0 Å². The Morgan fingerprint density at radius 1 is 0.250 bits per heavy atom. The maximum absolute atomic E-state index is 12.9. The van der Waals surface area contributed by atoms with Crippen LogP contribution in [0, 0.1) is 0 Å². The number of hydrogen-bond acceptors (Lipinski definition) is 6. The summed E-state index contributed by atoms with van der Waals surface area (Å²) in [5, 5.41) is 0. The molecule has 0 saturated heterocycles. The smallest absolute Gasteiger partial charge is 0.306 e. The van der Waals surface area contributed by atoms with Crippen LogP contribution in [-0.2, 0) is 28.6 Å². The van der Waals surface area contributed by atoms with Gasteiger partial charge in [0.1, 0.15) is 13.2 Å². The second-order valence-corrected chi connectivity index (χ2v) is 24.5. The molecule has 0 N–H and O–H groups in total. The van der Waals surface area contributed by atoms with E-state index in [1.54, 1.807) is 0 Å². The Balaban J connectivity index is 4.15. The molecule has 0 amide bonds. The maximum atomic E-state index is 12.9. The molecule has 6 heteroatoms. The fraction of sp³-hybridized carbons (Fsp3) is 0.878. The third-order valence-electron chi connectivity index (χ3n) is 16.4. The minimum Gasteiger partial charge on any atom is -0.462 e. The number of rotatable bonds is 67. The molecular formula is C74H138O6. The van der Waals surface area contributed by atoms with E-state index >= 15 is 0 Å². The summed E-state index contributed by atoms with van der Waals surface area (Å²) in [5.41, 5.74) is 0. The summed E-state index contributed by atoms with van der Waals surface area (Å²) in [6.45, 7) is 6.66. The van der Waals surface area contributed by atoms with Gasteiger partial charge in [-0.1, -0.05) is 346 Å². The molecule has 1 unspecified atom stereocenters. The molecule has 6 nitrogen and oxygen atoms in total. The Morgan fingerprint density at radius 2 is 0.463 bits per heavy atom. The number of ether oxygens (including phenoxy) is 3. The standard InChI is InChI=1S/C74H138O6/c1-4-7-10-13-16-19-22-25-28-30-31-32-33-34-35-36-37-38-39-40-41-42-43-45-46-49-52-55-58-61-64-67-73(76)79-70-71(69-78-72(75)66-63-60-57-54-51-48-27-24-21-18-15-12-9-6-3)80-74(77)68-65-62-59-56-53-50-47-44-29-26-23-20-17-14-11-8-5-2/h15,18,24,27,30-31,71H,4-14,16-17,19-23,25-26,28-29,32-70H2,1-3H3/b18-15-,27-24-,31-30-. The van der Waals surface area contributed by atoms with Gasteiger partial charge in [0.25, 0.3) is 0 Å². The highest BCUT2D eigenvalue weighted by molar-refractivity contribution is 5.71. The molecule has 0 aromatic rings. The summed E-state index contributed by atoms with van der Waals surface area (Å²) in [6.07, 6.45) is 86.2. The SMILES string of the molecule is CCCC/C=C\C/C=C\CCCCCCCC(=O)OCC(COC(=O)CCCCCCCCCCCCCCCCCCCCC/C=C\CCCCCCCCCC)OC(=O)CCCCCCCCCCCCCCCCCCC. The summed E-state index contributed by atoms with van der Waals surface area (Å²) in [7, 11) is 0. The normalized spacial score (nSPS) is 12.2. The molecule has 0 heterocycles. The lowest BCUT2D eigenvalue weighted by atomic mass is 10.0. The van der Waals surface area contributed by atoms with Gasteiger partial charge in [-0.05, 0) is 70.6 Å². The van der Waals surface area contributed by atoms with E-state index in [0.717, 1.165) is 77.0 Å². The van der Waals surface area contributed by atoms with E-state index in [9.17, 15) is 14.4 Å². The molecule has 0 fully saturated rings. The zero-order valence-electron chi connectivity index (χ0n) is 54.1. The Hall–Kier alpha value is -2.37. The molecule has 0 spiro atoms. The fourth-order valence-electron chi connectivity index (χ4n) is 10.9. The van der Waals surface area contributed by atoms with Crippen molar-refractivity contribution < 1.29 is 28.6 Å². The van der Waals surface area contributed by atoms with Crippen LogP contribution in [0.4, 0.5) is 0 Å². The van der Waals surface area contributed by atoms with Gasteiger partial charge in [0.2, 0.25) is 0 Å². The summed E-state index contributed by atoms with van der Waals surface area (Å²) in [4.78, 5) is 38.4. The predicted molar refractivity (Wildman–Crippen MR) is 349 cm³/mol. The zero-order chi connectivity index (χ0) is 57.8. The van der Waals surface area contributed by atoms with Crippen molar-refractivity contribution in [1.82, 2.24) is 0 Å². The van der Waals surface area contributed by atoms with E-state index in [0.29, 0.717) is 19.3 Å². The van der Waals surface area contributed by atoms with E-state index in [1.807, 2.05) is 0 Å². The first kappa shape index (κ1) is 77.6. The van der Waals surface area contributed by atoms with Crippen molar-refractivity contribution in [2.24, 2.45) is 0 Å². The first-order chi connectivity index (χ1) is 39.5. The highest BCUT2D eigenvalue weighted by Gasteiger charge is 2.19. The lowest BCUT2D eigenvalue weighted by Gasteiger charge is -2.18. The third kappa shape index (κ3) is 66.4. The van der Waals surface area contributed by atoms with Crippen molar-refractivity contribution in [2.45, 2.75) is 406 Å². The first-order valence-electron chi connectivity index (χ1n) is 36.0. The Morgan fingerprint density at radius 3 is 0.738 bits per heavy atom. The second kappa shape index (κ2) is 69.1. The molecular weight excluding hydrogens is 985 g/mol. The molecule has 0 radical (unpaired) electrons. The van der Waals surface area contributed by atoms with E-state index in [-0.39, 0.29) is 31.1 Å². The van der Waals surface area contributed by atoms with Crippen molar-refractivity contribution in [1.29, 1.82) is 0 Å². The maximum Gasteiger partial charge on any atom is 0.306 e. The van der Waals surface area contributed by atoms with Crippen molar-refractivity contribution in [3.8, 4) is 0 Å². The summed E-state index contributed by atoms with van der Waals surface area (Å²) in [6, 6.07) is 0. The molecule has 80 heavy (non-hydrogen) atoms. The second-order valence-electron chi connectivity index (χ2n) is 24.5. The lowest BCUT2D eigenvalue weighted by molar-refractivity contribution is -0.167. The molecule has 0 aromatic heterocycles. The average Bonchev–Trinajstić information content (AvgIpc) is 3.46. The van der Waals surface area contributed by atoms with Gasteiger partial charge >= 0.3 is 17.9 Å². The number of esters is 3. The number of hydrogen-bond donors (Lipinski definition) is 0. The number of carbonyl (C=O) groups is 3. The molecule has 470 valence electrons. The number of unbranched alkanes of at least 4 members (excludes halogenated alkanes) is 50. The monoisotopic (exact) mass is 1120 g/mol. The van der Waals surface area contributed by atoms with Gasteiger partial charge in [0.05, 0.1) is 0 Å². The number of allylic oxidation sites excluding steroid dienone is 6. The summed E-state index contributed by atoms with van der Waals surface area (Å²) >= 11 is 0. The van der Waals surface area contributed by atoms with E-state index in [1.165, 1.54) is 283 Å². The van der Waals surface area contributed by atoms with Crippen molar-refractivity contribution in [3.05, 3.63) is 36.5 Å². The molecule has 0 saturated carbocycles. The molecule has 0 aliphatic heterocycles. The van der Waals surface area contributed by atoms with Gasteiger partial charge in [0, 0.05) is 19.3 Å². The Bertz CT molecular complexity index is 1340. The minimum atomic E-state index is -0.775. The van der Waals surface area contributed by atoms with Crippen LogP contribution >= 0.6 is 0 Å². The Labute approximate surface area is 499 Å². The third-order valence-corrected chi connectivity index (χ3v) is 16.4. The largest absolute Gasteiger partial charge is 0.462 e. The predicted octanol–water partition coefficient (Wildman–Crippen LogP) is 24.7. The molecule has 1 atom stereocenters. The molecule has 0 bridgehead atoms. The quantitative estimate of drug-likeness (QED) is 0.0261. The fourth-order valence-corrected chi connectivity index (χ4v) is 10.9. The van der Waals surface area contributed by atoms with Crippen molar-refractivity contribution in [3.63, 3.8) is 0 Å². The van der Waals surface area contributed by atoms with Gasteiger partial charge in [-0.2, -0.15) is 0 Å². The highest BCUT2D eigenvalue weighted by Crippen LogP contribution is 2.19. The topological polar surface area (TPSA) is 78.9 Å². The van der Waals surface area contributed by atoms with E-state index in [2.05, 4.69) is 57.2 Å².